The Kier molecular flexibility index (Phi) is 8.90. The number of hydrogen-bond donors (Lipinski definition) is 2. The lowest BCUT2D eigenvalue weighted by atomic mass is 9.68. The van der Waals surface area contributed by atoms with Gasteiger partial charge in [-0.2, -0.15) is 0 Å². The predicted molar refractivity (Wildman–Crippen MR) is 185 cm³/mol. The summed E-state index contributed by atoms with van der Waals surface area (Å²) in [5, 5.41) is 11.1. The summed E-state index contributed by atoms with van der Waals surface area (Å²) in [5.41, 5.74) is 3.02. The summed E-state index contributed by atoms with van der Waals surface area (Å²) in [7, 11) is 3.46. The van der Waals surface area contributed by atoms with E-state index >= 15 is 8.78 Å². The Balaban J connectivity index is 1.06. The number of imidazole rings is 1. The molecule has 0 unspecified atom stereocenters. The second kappa shape index (κ2) is 12.9. The molecule has 2 aromatic heterocycles. The lowest BCUT2D eigenvalue weighted by Gasteiger charge is -2.51. The summed E-state index contributed by atoms with van der Waals surface area (Å²) in [6.07, 6.45) is 4.55. The van der Waals surface area contributed by atoms with Crippen LogP contribution in [0, 0.1) is 5.41 Å². The van der Waals surface area contributed by atoms with Crippen molar-refractivity contribution in [2.24, 2.45) is 5.41 Å². The lowest BCUT2D eigenvalue weighted by molar-refractivity contribution is -0.187. The molecule has 4 aliphatic rings. The van der Waals surface area contributed by atoms with Gasteiger partial charge in [-0.15, -0.1) is 5.10 Å². The number of carbonyl (C=O) groups is 2. The van der Waals surface area contributed by atoms with Crippen LogP contribution in [0.1, 0.15) is 74.5 Å². The number of nitrogens with one attached hydrogen (secondary N) is 2. The molecule has 7 rings (SSSR count). The average molecular weight is 695 g/mol. The molecule has 270 valence electrons. The molecule has 14 heteroatoms. The van der Waals surface area contributed by atoms with E-state index in [1.165, 1.54) is 0 Å². The van der Waals surface area contributed by atoms with Gasteiger partial charge in [-0.25, -0.2) is 23.1 Å². The summed E-state index contributed by atoms with van der Waals surface area (Å²) in [4.78, 5) is 35.9. The number of hydrogen-bond acceptors (Lipinski definition) is 9. The summed E-state index contributed by atoms with van der Waals surface area (Å²) in [5.74, 6) is -2.48. The summed E-state index contributed by atoms with van der Waals surface area (Å²) >= 11 is 0. The van der Waals surface area contributed by atoms with Gasteiger partial charge in [0.2, 0.25) is 0 Å². The number of halogens is 2. The molecule has 2 amide bonds. The summed E-state index contributed by atoms with van der Waals surface area (Å²) < 4.78 is 44.5. The zero-order chi connectivity index (χ0) is 35.4. The number of methoxy groups -OCH3 is 1. The summed E-state index contributed by atoms with van der Waals surface area (Å²) in [6, 6.07) is 7.93. The molecule has 3 aliphatic heterocycles. The van der Waals surface area contributed by atoms with Gasteiger partial charge in [-0.3, -0.25) is 9.69 Å². The first-order valence-electron chi connectivity index (χ1n) is 17.7. The van der Waals surface area contributed by atoms with E-state index in [0.717, 1.165) is 41.8 Å². The number of nitrogens with zero attached hydrogens (tertiary/aromatic N) is 6. The van der Waals surface area contributed by atoms with Gasteiger partial charge in [0.05, 0.1) is 30.6 Å². The van der Waals surface area contributed by atoms with Crippen molar-refractivity contribution in [2.75, 3.05) is 57.1 Å². The molecule has 1 aliphatic carbocycles. The Morgan fingerprint density at radius 3 is 2.50 bits per heavy atom. The predicted octanol–water partition coefficient (Wildman–Crippen LogP) is 5.23. The molecule has 1 saturated carbocycles. The lowest BCUT2D eigenvalue weighted by Crippen LogP contribution is -2.59. The quantitative estimate of drug-likeness (QED) is 0.343. The van der Waals surface area contributed by atoms with Crippen LogP contribution in [0.25, 0.3) is 5.65 Å². The monoisotopic (exact) mass is 694 g/mol. The number of amides is 2. The molecule has 12 nitrogen and oxygen atoms in total. The number of rotatable bonds is 7. The maximum atomic E-state index is 16.0. The van der Waals surface area contributed by atoms with E-state index in [4.69, 9.17) is 14.6 Å². The fraction of sp³-hybridized carbons (Fsp3) is 0.611. The maximum Gasteiger partial charge on any atom is 0.410 e. The van der Waals surface area contributed by atoms with Gasteiger partial charge in [0.25, 0.3) is 11.8 Å². The van der Waals surface area contributed by atoms with Gasteiger partial charge in [0, 0.05) is 57.5 Å². The van der Waals surface area contributed by atoms with E-state index in [9.17, 15) is 9.59 Å². The Hall–Kier alpha value is -4.04. The minimum absolute atomic E-state index is 0.00568. The topological polar surface area (TPSA) is 117 Å². The Morgan fingerprint density at radius 2 is 1.84 bits per heavy atom. The molecule has 2 N–H and O–H groups in total. The zero-order valence-electron chi connectivity index (χ0n) is 29.6. The van der Waals surface area contributed by atoms with E-state index in [-0.39, 0.29) is 50.5 Å². The molecule has 2 saturated heterocycles. The fourth-order valence-electron chi connectivity index (χ4n) is 8.00. The standard InChI is InChI=1S/C36H48F2N8O4/c1-34(2,3)50-33(48)44-17-13-35(14-18-44)12-16-43(22-36(35,37)38)21-23-7-6-8-27-24(23)11-15-45(27)30-19-26(39-4)31-40-20-28(46(31)42-30)32(47)41-25-9-10-29(25)49-5/h6-8,19-20,25,29,39H,9-18,21-22H2,1-5H3,(H,41,47)/t25-,29-/m1/s1. The van der Waals surface area contributed by atoms with E-state index in [2.05, 4.69) is 20.5 Å². The highest BCUT2D eigenvalue weighted by molar-refractivity contribution is 5.94. The minimum atomic E-state index is -2.88. The molecule has 1 spiro atoms. The van der Waals surface area contributed by atoms with Crippen LogP contribution < -0.4 is 15.5 Å². The number of piperidine rings is 2. The first kappa shape index (κ1) is 34.4. The molecule has 5 heterocycles. The van der Waals surface area contributed by atoms with Crippen molar-refractivity contribution in [3.8, 4) is 0 Å². The maximum absolute atomic E-state index is 16.0. The molecule has 0 bridgehead atoms. The molecule has 1 aromatic carbocycles. The first-order valence-corrected chi connectivity index (χ1v) is 17.7. The molecule has 50 heavy (non-hydrogen) atoms. The van der Waals surface area contributed by atoms with E-state index in [1.807, 2.05) is 57.0 Å². The minimum Gasteiger partial charge on any atom is -0.444 e. The highest BCUT2D eigenvalue weighted by Gasteiger charge is 2.57. The largest absolute Gasteiger partial charge is 0.444 e. The Labute approximate surface area is 291 Å². The number of likely N-dealkylation sites (tertiary alicyclic amines) is 2. The molecule has 3 fully saturated rings. The second-order valence-corrected chi connectivity index (χ2v) is 15.2. The van der Waals surface area contributed by atoms with Gasteiger partial charge < -0.3 is 29.9 Å². The number of fused-ring (bicyclic) bond motifs is 2. The highest BCUT2D eigenvalue weighted by Crippen LogP contribution is 2.51. The normalized spacial score (nSPS) is 23.1. The summed E-state index contributed by atoms with van der Waals surface area (Å²) in [6.45, 7) is 7.33. The number of ether oxygens (including phenoxy) is 2. The third-order valence-corrected chi connectivity index (χ3v) is 11.1. The van der Waals surface area contributed by atoms with Crippen molar-refractivity contribution < 1.29 is 27.8 Å². The van der Waals surface area contributed by atoms with E-state index in [1.54, 1.807) is 22.7 Å². The van der Waals surface area contributed by atoms with E-state index < -0.39 is 23.0 Å². The fourth-order valence-corrected chi connectivity index (χ4v) is 8.00. The molecule has 2 atom stereocenters. The number of carbonyl (C=O) groups excluding carboxylic acids is 2. The molecule has 0 radical (unpaired) electrons. The van der Waals surface area contributed by atoms with Gasteiger partial charge in [0.1, 0.15) is 5.60 Å². The van der Waals surface area contributed by atoms with Gasteiger partial charge >= 0.3 is 6.09 Å². The smallest absolute Gasteiger partial charge is 0.410 e. The van der Waals surface area contributed by atoms with Crippen molar-refractivity contribution in [3.05, 3.63) is 47.3 Å². The number of anilines is 3. The zero-order valence-corrected chi connectivity index (χ0v) is 29.6. The number of benzene rings is 1. The highest BCUT2D eigenvalue weighted by atomic mass is 19.3. The SMILES string of the molecule is CNc1cc(N2CCc3c(CN4CCC5(CCN(C(=O)OC(C)(C)C)CC5)C(F)(F)C4)cccc32)nn2c(C(=O)N[C@@H]3CC[C@H]3OC)cnc12. The van der Waals surface area contributed by atoms with Crippen LogP contribution in [0.3, 0.4) is 0 Å². The van der Waals surface area contributed by atoms with Crippen LogP contribution in [0.2, 0.25) is 0 Å². The second-order valence-electron chi connectivity index (χ2n) is 15.2. The van der Waals surface area contributed by atoms with Gasteiger partial charge in [-0.05, 0) is 83.0 Å². The third kappa shape index (κ3) is 6.25. The molecular weight excluding hydrogens is 646 g/mol. The number of alkyl halides is 2. The Bertz CT molecular complexity index is 1760. The van der Waals surface area contributed by atoms with Crippen LogP contribution in [0.5, 0.6) is 0 Å². The van der Waals surface area contributed by atoms with Crippen molar-refractivity contribution in [1.29, 1.82) is 0 Å². The van der Waals surface area contributed by atoms with Crippen LogP contribution in [-0.4, -0.2) is 107 Å². The van der Waals surface area contributed by atoms with Crippen molar-refractivity contribution in [3.63, 3.8) is 0 Å². The van der Waals surface area contributed by atoms with Crippen LogP contribution in [-0.2, 0) is 22.4 Å². The van der Waals surface area contributed by atoms with Crippen LogP contribution in [0.15, 0.2) is 30.5 Å². The molecule has 3 aromatic rings. The van der Waals surface area contributed by atoms with Crippen LogP contribution >= 0.6 is 0 Å². The van der Waals surface area contributed by atoms with Gasteiger partial charge in [-0.1, -0.05) is 12.1 Å². The van der Waals surface area contributed by atoms with Crippen molar-refractivity contribution in [1.82, 2.24) is 29.7 Å². The molecular formula is C36H48F2N8O4. The third-order valence-electron chi connectivity index (χ3n) is 11.1. The van der Waals surface area contributed by atoms with Gasteiger partial charge in [0.15, 0.2) is 17.2 Å². The van der Waals surface area contributed by atoms with E-state index in [0.29, 0.717) is 43.2 Å². The van der Waals surface area contributed by atoms with Crippen molar-refractivity contribution >= 4 is 34.8 Å². The number of aromatic nitrogens is 3. The van der Waals surface area contributed by atoms with Crippen molar-refractivity contribution in [2.45, 2.75) is 89.5 Å². The average Bonchev–Trinajstić information content (AvgIpc) is 3.69. The van der Waals surface area contributed by atoms with Crippen LogP contribution in [0.4, 0.5) is 30.8 Å². The Morgan fingerprint density at radius 1 is 1.08 bits per heavy atom. The first-order chi connectivity index (χ1) is 23.8.